The highest BCUT2D eigenvalue weighted by atomic mass is 16.5. The number of hydrogen-bond acceptors (Lipinski definition) is 3. The van der Waals surface area contributed by atoms with Crippen LogP contribution in [0.5, 0.6) is 0 Å². The van der Waals surface area contributed by atoms with Gasteiger partial charge in [-0.25, -0.2) is 9.59 Å². The summed E-state index contributed by atoms with van der Waals surface area (Å²) in [6.07, 6.45) is 2.42. The van der Waals surface area contributed by atoms with Gasteiger partial charge in [-0.2, -0.15) is 0 Å². The Hall–Kier alpha value is -2.30. The third-order valence-electron chi connectivity index (χ3n) is 3.97. The lowest BCUT2D eigenvalue weighted by Crippen LogP contribution is -2.45. The molecule has 1 saturated carbocycles. The maximum Gasteiger partial charge on any atom is 0.337 e. The normalized spacial score (nSPS) is 21.6. The molecule has 1 heterocycles. The molecule has 1 aromatic carbocycles. The van der Waals surface area contributed by atoms with E-state index in [0.29, 0.717) is 17.2 Å². The van der Waals surface area contributed by atoms with Crippen LogP contribution in [0.25, 0.3) is 0 Å². The van der Waals surface area contributed by atoms with Gasteiger partial charge in [-0.3, -0.25) is 0 Å². The number of amides is 2. The van der Waals surface area contributed by atoms with E-state index in [-0.39, 0.29) is 6.03 Å². The van der Waals surface area contributed by atoms with Crippen molar-refractivity contribution in [3.05, 3.63) is 46.7 Å². The summed E-state index contributed by atoms with van der Waals surface area (Å²) in [6, 6.07) is 7.30. The van der Waals surface area contributed by atoms with Gasteiger partial charge in [-0.1, -0.05) is 24.3 Å². The summed E-state index contributed by atoms with van der Waals surface area (Å²) < 4.78 is 4.85. The minimum absolute atomic E-state index is 0.304. The Labute approximate surface area is 123 Å². The number of hydrogen-bond donors (Lipinski definition) is 2. The van der Waals surface area contributed by atoms with Gasteiger partial charge in [0.2, 0.25) is 0 Å². The third-order valence-corrected chi connectivity index (χ3v) is 3.97. The summed E-state index contributed by atoms with van der Waals surface area (Å²) in [5, 5.41) is 5.43. The molecule has 0 saturated heterocycles. The lowest BCUT2D eigenvalue weighted by molar-refractivity contribution is -0.136. The topological polar surface area (TPSA) is 67.4 Å². The lowest BCUT2D eigenvalue weighted by Gasteiger charge is -2.28. The number of benzene rings is 1. The van der Waals surface area contributed by atoms with Crippen LogP contribution in [0.3, 0.4) is 0 Å². The first-order valence-electron chi connectivity index (χ1n) is 7.06. The molecule has 2 amide bonds. The van der Waals surface area contributed by atoms with Crippen molar-refractivity contribution in [2.45, 2.75) is 31.7 Å². The largest absolute Gasteiger partial charge is 0.466 e. The second-order valence-electron chi connectivity index (χ2n) is 5.51. The number of nitrogens with one attached hydrogen (secondary N) is 2. The molecule has 1 aliphatic heterocycles. The van der Waals surface area contributed by atoms with Crippen molar-refractivity contribution in [3.8, 4) is 0 Å². The lowest BCUT2D eigenvalue weighted by atomic mass is 9.93. The highest BCUT2D eigenvalue weighted by molar-refractivity contribution is 5.94. The van der Waals surface area contributed by atoms with Crippen molar-refractivity contribution in [1.29, 1.82) is 0 Å². The molecule has 0 radical (unpaired) electrons. The summed E-state index contributed by atoms with van der Waals surface area (Å²) in [6.45, 7) is 1.71. The van der Waals surface area contributed by atoms with Gasteiger partial charge in [-0.05, 0) is 36.8 Å². The second-order valence-corrected chi connectivity index (χ2v) is 5.51. The molecule has 5 nitrogen and oxygen atoms in total. The van der Waals surface area contributed by atoms with Crippen LogP contribution < -0.4 is 10.6 Å². The Morgan fingerprint density at radius 1 is 1.29 bits per heavy atom. The van der Waals surface area contributed by atoms with E-state index < -0.39 is 12.0 Å². The smallest absolute Gasteiger partial charge is 0.337 e. The molecule has 1 atom stereocenters. The summed E-state index contributed by atoms with van der Waals surface area (Å²) in [4.78, 5) is 23.8. The van der Waals surface area contributed by atoms with E-state index in [4.69, 9.17) is 4.74 Å². The zero-order valence-corrected chi connectivity index (χ0v) is 12.1. The SMILES string of the molecule is COC(=O)C1=C(C)NC(=O)NC1c1cccc(C2CC2)c1. The van der Waals surface area contributed by atoms with Gasteiger partial charge in [-0.15, -0.1) is 0 Å². The summed E-state index contributed by atoms with van der Waals surface area (Å²) >= 11 is 0. The Kier molecular flexibility index (Phi) is 3.41. The van der Waals surface area contributed by atoms with Gasteiger partial charge in [0.25, 0.3) is 0 Å². The molecule has 1 fully saturated rings. The van der Waals surface area contributed by atoms with Gasteiger partial charge in [0, 0.05) is 5.70 Å². The maximum absolute atomic E-state index is 12.0. The van der Waals surface area contributed by atoms with Crippen molar-refractivity contribution >= 4 is 12.0 Å². The molecule has 0 aromatic heterocycles. The maximum atomic E-state index is 12.0. The quantitative estimate of drug-likeness (QED) is 0.838. The van der Waals surface area contributed by atoms with Crippen molar-refractivity contribution in [1.82, 2.24) is 10.6 Å². The molecule has 110 valence electrons. The van der Waals surface area contributed by atoms with E-state index in [0.717, 1.165) is 5.56 Å². The summed E-state index contributed by atoms with van der Waals surface area (Å²) in [5.41, 5.74) is 3.16. The van der Waals surface area contributed by atoms with E-state index in [1.807, 2.05) is 12.1 Å². The van der Waals surface area contributed by atoms with Crippen LogP contribution in [-0.2, 0) is 9.53 Å². The van der Waals surface area contributed by atoms with E-state index in [2.05, 4.69) is 22.8 Å². The van der Waals surface area contributed by atoms with Gasteiger partial charge in [0.05, 0.1) is 18.7 Å². The number of rotatable bonds is 3. The predicted octanol–water partition coefficient (Wildman–Crippen LogP) is 2.36. The van der Waals surface area contributed by atoms with Crippen LogP contribution in [-0.4, -0.2) is 19.1 Å². The van der Waals surface area contributed by atoms with Crippen LogP contribution >= 0.6 is 0 Å². The average molecular weight is 286 g/mol. The highest BCUT2D eigenvalue weighted by Gasteiger charge is 2.32. The number of allylic oxidation sites excluding steroid dienone is 1. The number of methoxy groups -OCH3 is 1. The van der Waals surface area contributed by atoms with Crippen molar-refractivity contribution in [2.24, 2.45) is 0 Å². The monoisotopic (exact) mass is 286 g/mol. The van der Waals surface area contributed by atoms with Crippen LogP contribution in [0.1, 0.15) is 42.9 Å². The number of urea groups is 1. The molecule has 0 bridgehead atoms. The zero-order valence-electron chi connectivity index (χ0n) is 12.1. The van der Waals surface area contributed by atoms with Crippen LogP contribution in [0, 0.1) is 0 Å². The van der Waals surface area contributed by atoms with Crippen LogP contribution in [0.15, 0.2) is 35.5 Å². The molecule has 21 heavy (non-hydrogen) atoms. The molecular weight excluding hydrogens is 268 g/mol. The second kappa shape index (κ2) is 5.24. The number of carbonyl (C=O) groups excluding carboxylic acids is 2. The van der Waals surface area contributed by atoms with Gasteiger partial charge in [0.15, 0.2) is 0 Å². The standard InChI is InChI=1S/C16H18N2O3/c1-9-13(15(19)21-2)14(18-16(20)17-9)12-5-3-4-11(8-12)10-6-7-10/h3-5,8,10,14H,6-7H2,1-2H3,(H2,17,18,20). The van der Waals surface area contributed by atoms with Crippen molar-refractivity contribution < 1.29 is 14.3 Å². The molecule has 2 N–H and O–H groups in total. The Bertz CT molecular complexity index is 632. The molecule has 1 aromatic rings. The van der Waals surface area contributed by atoms with E-state index in [1.165, 1.54) is 25.5 Å². The molecule has 1 unspecified atom stereocenters. The molecular formula is C16H18N2O3. The van der Waals surface area contributed by atoms with Gasteiger partial charge in [0.1, 0.15) is 0 Å². The van der Waals surface area contributed by atoms with E-state index in [9.17, 15) is 9.59 Å². The molecule has 1 aliphatic carbocycles. The van der Waals surface area contributed by atoms with Crippen molar-refractivity contribution in [3.63, 3.8) is 0 Å². The minimum atomic E-state index is -0.468. The fourth-order valence-electron chi connectivity index (χ4n) is 2.73. The predicted molar refractivity (Wildman–Crippen MR) is 77.5 cm³/mol. The Morgan fingerprint density at radius 2 is 2.00 bits per heavy atom. The van der Waals surface area contributed by atoms with Gasteiger partial charge < -0.3 is 15.4 Å². The summed E-state index contributed by atoms with van der Waals surface area (Å²) in [5.74, 6) is 0.191. The number of esters is 1. The van der Waals surface area contributed by atoms with Gasteiger partial charge >= 0.3 is 12.0 Å². The summed E-state index contributed by atoms with van der Waals surface area (Å²) in [7, 11) is 1.34. The first-order chi connectivity index (χ1) is 10.1. The molecule has 2 aliphatic rings. The first-order valence-corrected chi connectivity index (χ1v) is 7.06. The fourth-order valence-corrected chi connectivity index (χ4v) is 2.73. The van der Waals surface area contributed by atoms with Crippen LogP contribution in [0.4, 0.5) is 4.79 Å². The number of ether oxygens (including phenoxy) is 1. The fraction of sp³-hybridized carbons (Fsp3) is 0.375. The number of carbonyl (C=O) groups is 2. The average Bonchev–Trinajstić information content (AvgIpc) is 3.30. The molecule has 3 rings (SSSR count). The first kappa shape index (κ1) is 13.7. The van der Waals surface area contributed by atoms with Crippen molar-refractivity contribution in [2.75, 3.05) is 7.11 Å². The molecule has 5 heteroatoms. The van der Waals surface area contributed by atoms with Crippen LogP contribution in [0.2, 0.25) is 0 Å². The Balaban J connectivity index is 2.01. The highest BCUT2D eigenvalue weighted by Crippen LogP contribution is 2.41. The minimum Gasteiger partial charge on any atom is -0.466 e. The van der Waals surface area contributed by atoms with E-state index in [1.54, 1.807) is 6.92 Å². The Morgan fingerprint density at radius 3 is 2.67 bits per heavy atom. The van der Waals surface area contributed by atoms with E-state index >= 15 is 0 Å². The zero-order chi connectivity index (χ0) is 15.0. The third kappa shape index (κ3) is 2.63. The molecule has 0 spiro atoms.